The molecule has 0 bridgehead atoms. The fraction of sp³-hybridized carbons (Fsp3) is 0.00763. The third kappa shape index (κ3) is 11.9. The molecule has 0 aliphatic rings. The summed E-state index contributed by atoms with van der Waals surface area (Å²) >= 11 is 0. The molecule has 4 heteroatoms. The summed E-state index contributed by atoms with van der Waals surface area (Å²) in [6.45, 7) is 2.20. The van der Waals surface area contributed by atoms with Crippen molar-refractivity contribution in [2.45, 2.75) is 6.92 Å². The Balaban J connectivity index is 0.0000000895. The number of furan rings is 4. The molecule has 4 nitrogen and oxygen atoms in total. The summed E-state index contributed by atoms with van der Waals surface area (Å²) in [5, 5.41) is 40.5. The van der Waals surface area contributed by atoms with Crippen LogP contribution in [0.4, 0.5) is 0 Å². The van der Waals surface area contributed by atoms with Gasteiger partial charge in [0, 0.05) is 65.3 Å². The highest BCUT2D eigenvalue weighted by atomic mass is 16.3. The first-order valence-corrected chi connectivity index (χ1v) is 46.5. The molecule has 0 aliphatic carbocycles. The smallest absolute Gasteiger partial charge is 0.143 e. The van der Waals surface area contributed by atoms with Crippen molar-refractivity contribution in [1.29, 1.82) is 0 Å². The Bertz CT molecular complexity index is 9950. The van der Waals surface area contributed by atoms with Gasteiger partial charge in [0.05, 0.1) is 0 Å². The lowest BCUT2D eigenvalue weighted by molar-refractivity contribution is 0.669. The molecule has 0 N–H and O–H groups in total. The number of para-hydroxylation sites is 8. The van der Waals surface area contributed by atoms with Crippen LogP contribution in [0.15, 0.2) is 473 Å². The van der Waals surface area contributed by atoms with Gasteiger partial charge in [0.2, 0.25) is 0 Å². The summed E-state index contributed by atoms with van der Waals surface area (Å²) in [5.74, 6) is 0. The lowest BCUT2D eigenvalue weighted by Crippen LogP contribution is -1.89. The first-order chi connectivity index (χ1) is 66.9. The number of hydrogen-bond donors (Lipinski definition) is 0. The van der Waals surface area contributed by atoms with Gasteiger partial charge in [-0.15, -0.1) is 0 Å². The van der Waals surface area contributed by atoms with Gasteiger partial charge in [-0.3, -0.25) is 0 Å². The van der Waals surface area contributed by atoms with Crippen LogP contribution in [0, 0.1) is 6.92 Å². The van der Waals surface area contributed by atoms with Gasteiger partial charge in [-0.1, -0.05) is 419 Å². The summed E-state index contributed by atoms with van der Waals surface area (Å²) in [5.41, 5.74) is 25.8. The molecular weight excluding hydrogens is 1640 g/mol. The van der Waals surface area contributed by atoms with Crippen LogP contribution in [-0.4, -0.2) is 0 Å². The molecule has 626 valence electrons. The third-order valence-corrected chi connectivity index (χ3v) is 28.9. The number of benzene rings is 27. The van der Waals surface area contributed by atoms with E-state index >= 15 is 0 Å². The standard InChI is InChI=1S/3C34H20O.C29H18O/c1-2-7-21(8-3-1)24-17-13-22-16-20-28-25(18-14-23-15-19-27(24)32(22)33(23)28)29-10-6-11-30-26-9-4-5-12-31(26)35-34(29)30;1-2-7-21(8-3-1)25-19-23-14-13-22-15-17-26(28-18-16-24(20-25)32(23)33(22)28)29-10-6-11-30-27-9-4-5-12-31(27)35-34(29)30;1-2-7-21(8-3-1)24-17-15-22-13-14-23-16-18-25(28-20-19-27(24)32(22)33(23)28)29-10-6-11-30-26-9-4-5-12-31(26)35-34(29)30;1-17-9-10-18-13-16-23-21(15-12-19-11-14-20(17)27(18)28(19)23)24-6-4-7-25-22-5-2-3-8-26(22)30-29(24)25/h3*1-20H;2-16H,1H3. The Labute approximate surface area is 774 Å². The molecule has 0 amide bonds. The average Bonchev–Trinajstić information content (AvgIpc) is 1.51. The average molecular weight is 1720 g/mol. The minimum atomic E-state index is 0.931. The largest absolute Gasteiger partial charge is 0.455 e. The normalized spacial score (nSPS) is 12.0. The zero-order valence-electron chi connectivity index (χ0n) is 73.4. The second-order valence-corrected chi connectivity index (χ2v) is 36.1. The first-order valence-electron chi connectivity index (χ1n) is 46.5. The van der Waals surface area contributed by atoms with Crippen molar-refractivity contribution in [1.82, 2.24) is 0 Å². The van der Waals surface area contributed by atoms with Crippen molar-refractivity contribution in [3.05, 3.63) is 461 Å². The SMILES string of the molecule is Cc1ccc2ccc3c(-c4cccc5c4oc4ccccc45)ccc4ccc1c2c43.c1ccc(-c2cc3ccc4ccc(-c5cccc6c5oc5ccccc56)c5ccc(c2)c3c45)cc1.c1ccc(-c2ccc3ccc4c(-c5cccc6c5oc5ccccc56)ccc5ccc2c3c54)cc1.c1ccc(-c2ccc3ccc4ccc(-c5cccc6c5oc5ccccc56)c5ccc2c3c45)cc1. The van der Waals surface area contributed by atoms with Gasteiger partial charge in [-0.2, -0.15) is 0 Å². The van der Waals surface area contributed by atoms with Gasteiger partial charge < -0.3 is 17.7 Å². The van der Waals surface area contributed by atoms with E-state index in [1.807, 2.05) is 48.5 Å². The maximum Gasteiger partial charge on any atom is 0.143 e. The Morgan fingerprint density at radius 2 is 0.348 bits per heavy atom. The van der Waals surface area contributed by atoms with E-state index in [1.165, 1.54) is 201 Å². The van der Waals surface area contributed by atoms with Gasteiger partial charge in [-0.25, -0.2) is 0 Å². The van der Waals surface area contributed by atoms with Crippen LogP contribution in [0.25, 0.3) is 295 Å². The summed E-state index contributed by atoms with van der Waals surface area (Å²) in [6.07, 6.45) is 0. The number of rotatable bonds is 7. The van der Waals surface area contributed by atoms with Crippen LogP contribution in [0.3, 0.4) is 0 Å². The minimum Gasteiger partial charge on any atom is -0.455 e. The van der Waals surface area contributed by atoms with Crippen LogP contribution in [0.5, 0.6) is 0 Å². The zero-order valence-corrected chi connectivity index (χ0v) is 73.4. The van der Waals surface area contributed by atoms with E-state index in [0.29, 0.717) is 0 Å². The van der Waals surface area contributed by atoms with E-state index in [1.54, 1.807) is 0 Å². The third-order valence-electron chi connectivity index (χ3n) is 28.9. The van der Waals surface area contributed by atoms with Gasteiger partial charge >= 0.3 is 0 Å². The fourth-order valence-corrected chi connectivity index (χ4v) is 22.7. The van der Waals surface area contributed by atoms with E-state index in [4.69, 9.17) is 17.7 Å². The minimum absolute atomic E-state index is 0.931. The molecule has 0 atom stereocenters. The molecule has 135 heavy (non-hydrogen) atoms. The lowest BCUT2D eigenvalue weighted by atomic mass is 9.87. The van der Waals surface area contributed by atoms with Crippen molar-refractivity contribution in [3.63, 3.8) is 0 Å². The molecule has 4 aromatic heterocycles. The van der Waals surface area contributed by atoms with Gasteiger partial charge in [0.1, 0.15) is 44.7 Å². The van der Waals surface area contributed by atoms with Crippen molar-refractivity contribution < 1.29 is 17.7 Å². The molecular formula is C131H78O4. The second kappa shape index (κ2) is 30.2. The van der Waals surface area contributed by atoms with E-state index < -0.39 is 0 Å². The Hall–Kier alpha value is -17.7. The predicted molar refractivity (Wildman–Crippen MR) is 572 cm³/mol. The highest BCUT2D eigenvalue weighted by molar-refractivity contribution is 6.33. The van der Waals surface area contributed by atoms with Crippen LogP contribution in [0.1, 0.15) is 5.56 Å². The molecule has 0 saturated heterocycles. The molecule has 0 saturated carbocycles. The predicted octanol–water partition coefficient (Wildman–Crippen LogP) is 37.9. The highest BCUT2D eigenvalue weighted by Crippen LogP contribution is 2.51. The van der Waals surface area contributed by atoms with Crippen LogP contribution < -0.4 is 0 Å². The maximum absolute atomic E-state index is 6.41. The van der Waals surface area contributed by atoms with Crippen molar-refractivity contribution in [2.75, 3.05) is 0 Å². The Morgan fingerprint density at radius 3 is 0.681 bits per heavy atom. The summed E-state index contributed by atoms with van der Waals surface area (Å²) in [4.78, 5) is 0. The van der Waals surface area contributed by atoms with Gasteiger partial charge in [-0.05, 0) is 234 Å². The second-order valence-electron chi connectivity index (χ2n) is 36.1. The molecule has 0 fully saturated rings. The molecule has 4 heterocycles. The number of aryl methyl sites for hydroxylation is 1. The number of hydrogen-bond acceptors (Lipinski definition) is 4. The topological polar surface area (TPSA) is 52.6 Å². The van der Waals surface area contributed by atoms with Crippen molar-refractivity contribution in [3.8, 4) is 77.9 Å². The van der Waals surface area contributed by atoms with Crippen LogP contribution in [-0.2, 0) is 0 Å². The lowest BCUT2D eigenvalue weighted by Gasteiger charge is -2.16. The number of fused-ring (bicyclic) bond motifs is 12. The van der Waals surface area contributed by atoms with Gasteiger partial charge in [0.25, 0.3) is 0 Å². The highest BCUT2D eigenvalue weighted by Gasteiger charge is 2.25. The molecule has 0 radical (unpaired) electrons. The Kier molecular flexibility index (Phi) is 17.0. The summed E-state index contributed by atoms with van der Waals surface area (Å²) < 4.78 is 25.6. The monoisotopic (exact) mass is 1710 g/mol. The molecule has 31 rings (SSSR count). The zero-order chi connectivity index (χ0) is 88.6. The van der Waals surface area contributed by atoms with E-state index in [9.17, 15) is 0 Å². The first kappa shape index (κ1) is 76.2. The molecule has 27 aromatic carbocycles. The summed E-state index contributed by atoms with van der Waals surface area (Å²) in [7, 11) is 0. The quantitative estimate of drug-likeness (QED) is 0.149. The summed E-state index contributed by atoms with van der Waals surface area (Å²) in [6, 6.07) is 164. The van der Waals surface area contributed by atoms with Crippen LogP contribution >= 0.6 is 0 Å². The van der Waals surface area contributed by atoms with Gasteiger partial charge in [0.15, 0.2) is 0 Å². The fourth-order valence-electron chi connectivity index (χ4n) is 22.7. The molecule has 0 spiro atoms. The van der Waals surface area contributed by atoms with E-state index in [-0.39, 0.29) is 0 Å². The van der Waals surface area contributed by atoms with Crippen LogP contribution in [0.2, 0.25) is 0 Å². The maximum atomic E-state index is 6.41. The van der Waals surface area contributed by atoms with Crippen molar-refractivity contribution in [2.24, 2.45) is 0 Å². The molecule has 0 unspecified atom stereocenters. The van der Waals surface area contributed by atoms with Crippen molar-refractivity contribution >= 4 is 217 Å². The molecule has 31 aromatic rings. The Morgan fingerprint density at radius 1 is 0.126 bits per heavy atom. The van der Waals surface area contributed by atoms with E-state index in [0.717, 1.165) is 99.2 Å². The van der Waals surface area contributed by atoms with E-state index in [2.05, 4.69) is 413 Å². The molecule has 0 aliphatic heterocycles.